The van der Waals surface area contributed by atoms with Gasteiger partial charge in [-0.05, 0) is 26.0 Å². The minimum absolute atomic E-state index is 0.542. The van der Waals surface area contributed by atoms with E-state index in [1.807, 2.05) is 19.9 Å². The molecule has 0 atom stereocenters. The molecule has 0 aliphatic carbocycles. The molecule has 0 radical (unpaired) electrons. The number of nitriles is 1. The number of nitrogens with zero attached hydrogens (tertiary/aromatic N) is 3. The van der Waals surface area contributed by atoms with E-state index in [4.69, 9.17) is 5.26 Å². The van der Waals surface area contributed by atoms with Gasteiger partial charge < -0.3 is 5.32 Å². The predicted molar refractivity (Wildman–Crippen MR) is 69.1 cm³/mol. The van der Waals surface area contributed by atoms with Gasteiger partial charge in [-0.1, -0.05) is 0 Å². The van der Waals surface area contributed by atoms with Gasteiger partial charge in [0.15, 0.2) is 0 Å². The molecule has 4 nitrogen and oxygen atoms in total. The van der Waals surface area contributed by atoms with Crippen LogP contribution in [0.1, 0.15) is 15.4 Å². The van der Waals surface area contributed by atoms with E-state index in [1.54, 1.807) is 24.5 Å². The van der Waals surface area contributed by atoms with Crippen molar-refractivity contribution in [1.82, 2.24) is 9.97 Å². The summed E-state index contributed by atoms with van der Waals surface area (Å²) in [5.74, 6) is 0.593. The molecule has 2 heterocycles. The first-order chi connectivity index (χ1) is 8.15. The van der Waals surface area contributed by atoms with Crippen LogP contribution >= 0.6 is 11.3 Å². The first-order valence-corrected chi connectivity index (χ1v) is 6.00. The smallest absolute Gasteiger partial charge is 0.144 e. The molecule has 0 unspecified atom stereocenters. The van der Waals surface area contributed by atoms with Crippen LogP contribution in [-0.4, -0.2) is 17.0 Å². The topological polar surface area (TPSA) is 61.6 Å². The van der Waals surface area contributed by atoms with E-state index in [-0.39, 0.29) is 0 Å². The van der Waals surface area contributed by atoms with Gasteiger partial charge in [-0.15, -0.1) is 11.3 Å². The summed E-state index contributed by atoms with van der Waals surface area (Å²) in [5.41, 5.74) is 2.24. The van der Waals surface area contributed by atoms with Crippen molar-refractivity contribution < 1.29 is 0 Å². The van der Waals surface area contributed by atoms with E-state index in [1.165, 1.54) is 0 Å². The van der Waals surface area contributed by atoms with Gasteiger partial charge in [0.05, 0.1) is 16.3 Å². The van der Waals surface area contributed by atoms with Crippen molar-refractivity contribution in [2.75, 3.05) is 12.4 Å². The van der Waals surface area contributed by atoms with E-state index in [2.05, 4.69) is 21.4 Å². The lowest BCUT2D eigenvalue weighted by Gasteiger charge is -2.04. The number of rotatable bonds is 2. The van der Waals surface area contributed by atoms with Crippen LogP contribution in [0.4, 0.5) is 5.82 Å². The van der Waals surface area contributed by atoms with Crippen LogP contribution in [0.3, 0.4) is 0 Å². The summed E-state index contributed by atoms with van der Waals surface area (Å²) in [6.07, 6.45) is 0. The molecule has 0 saturated heterocycles. The highest BCUT2D eigenvalue weighted by atomic mass is 32.1. The van der Waals surface area contributed by atoms with Crippen molar-refractivity contribution in [2.45, 2.75) is 13.8 Å². The van der Waals surface area contributed by atoms with Gasteiger partial charge in [-0.3, -0.25) is 0 Å². The van der Waals surface area contributed by atoms with Crippen molar-refractivity contribution in [3.05, 3.63) is 27.6 Å². The zero-order chi connectivity index (χ0) is 12.4. The predicted octanol–water partition coefficient (Wildman–Crippen LogP) is 2.74. The van der Waals surface area contributed by atoms with Crippen LogP contribution in [0.5, 0.6) is 0 Å². The Hall–Kier alpha value is -1.93. The molecule has 2 rings (SSSR count). The number of hydrogen-bond donors (Lipinski definition) is 1. The molecule has 0 fully saturated rings. The van der Waals surface area contributed by atoms with Crippen LogP contribution in [0.15, 0.2) is 12.1 Å². The summed E-state index contributed by atoms with van der Waals surface area (Å²) in [6, 6.07) is 5.70. The lowest BCUT2D eigenvalue weighted by Crippen LogP contribution is -1.98. The summed E-state index contributed by atoms with van der Waals surface area (Å²) >= 11 is 1.65. The van der Waals surface area contributed by atoms with E-state index < -0.39 is 0 Å². The summed E-state index contributed by atoms with van der Waals surface area (Å²) in [5, 5.41) is 12.9. The second kappa shape index (κ2) is 4.52. The fraction of sp³-hybridized carbons (Fsp3) is 0.250. The van der Waals surface area contributed by atoms with Gasteiger partial charge in [0, 0.05) is 11.9 Å². The third kappa shape index (κ3) is 2.12. The second-order valence-electron chi connectivity index (χ2n) is 3.59. The summed E-state index contributed by atoms with van der Waals surface area (Å²) in [7, 11) is 1.76. The number of aromatic nitrogens is 2. The molecule has 0 amide bonds. The Morgan fingerprint density at radius 1 is 1.29 bits per heavy atom. The Kier molecular flexibility index (Phi) is 3.07. The monoisotopic (exact) mass is 244 g/mol. The molecule has 2 aromatic heterocycles. The number of pyridine rings is 1. The largest absolute Gasteiger partial charge is 0.372 e. The zero-order valence-electron chi connectivity index (χ0n) is 9.90. The van der Waals surface area contributed by atoms with Crippen molar-refractivity contribution in [3.8, 4) is 17.5 Å². The Balaban J connectivity index is 2.54. The first kappa shape index (κ1) is 11.6. The van der Waals surface area contributed by atoms with Crippen LogP contribution in [-0.2, 0) is 0 Å². The average Bonchev–Trinajstić information content (AvgIpc) is 2.67. The van der Waals surface area contributed by atoms with E-state index in [9.17, 15) is 0 Å². The molecular formula is C12H12N4S. The summed E-state index contributed by atoms with van der Waals surface area (Å²) in [4.78, 5) is 10.0. The van der Waals surface area contributed by atoms with Crippen molar-refractivity contribution in [1.29, 1.82) is 5.26 Å². The van der Waals surface area contributed by atoms with E-state index in [0.717, 1.165) is 21.3 Å². The molecule has 0 aliphatic rings. The molecule has 0 saturated carbocycles. The number of thiazole rings is 1. The van der Waals surface area contributed by atoms with Crippen molar-refractivity contribution in [2.24, 2.45) is 0 Å². The number of anilines is 1. The molecule has 0 bridgehead atoms. The van der Waals surface area contributed by atoms with Gasteiger partial charge >= 0.3 is 0 Å². The van der Waals surface area contributed by atoms with Crippen LogP contribution in [0, 0.1) is 25.2 Å². The highest BCUT2D eigenvalue weighted by Crippen LogP contribution is 2.27. The Morgan fingerprint density at radius 3 is 2.59 bits per heavy atom. The second-order valence-corrected chi connectivity index (χ2v) is 5.00. The number of aryl methyl sites for hydroxylation is 2. The highest BCUT2D eigenvalue weighted by Gasteiger charge is 2.11. The Morgan fingerprint density at radius 2 is 2.06 bits per heavy atom. The normalized spacial score (nSPS) is 10.0. The Bertz CT molecular complexity index is 595. The fourth-order valence-corrected chi connectivity index (χ4v) is 2.47. The molecule has 0 aromatic carbocycles. The zero-order valence-corrected chi connectivity index (χ0v) is 10.7. The molecule has 0 spiro atoms. The van der Waals surface area contributed by atoms with E-state index in [0.29, 0.717) is 11.4 Å². The van der Waals surface area contributed by atoms with Crippen LogP contribution in [0.25, 0.3) is 11.4 Å². The molecule has 5 heteroatoms. The van der Waals surface area contributed by atoms with Gasteiger partial charge in [0.25, 0.3) is 0 Å². The minimum atomic E-state index is 0.542. The number of hydrogen-bond acceptors (Lipinski definition) is 5. The molecule has 1 N–H and O–H groups in total. The lowest BCUT2D eigenvalue weighted by atomic mass is 10.2. The van der Waals surface area contributed by atoms with Gasteiger partial charge in [0.1, 0.15) is 17.6 Å². The molecule has 17 heavy (non-hydrogen) atoms. The van der Waals surface area contributed by atoms with Gasteiger partial charge in [-0.25, -0.2) is 9.97 Å². The maximum Gasteiger partial charge on any atom is 0.144 e. The third-order valence-electron chi connectivity index (χ3n) is 2.40. The SMILES string of the molecule is CNc1nc(-c2nc(C)sc2C)ccc1C#N. The maximum atomic E-state index is 8.93. The van der Waals surface area contributed by atoms with Gasteiger partial charge in [-0.2, -0.15) is 5.26 Å². The summed E-state index contributed by atoms with van der Waals surface area (Å²) in [6.45, 7) is 4.00. The first-order valence-electron chi connectivity index (χ1n) is 5.19. The van der Waals surface area contributed by atoms with Crippen molar-refractivity contribution in [3.63, 3.8) is 0 Å². The third-order valence-corrected chi connectivity index (χ3v) is 3.28. The maximum absolute atomic E-state index is 8.93. The van der Waals surface area contributed by atoms with Gasteiger partial charge in [0.2, 0.25) is 0 Å². The van der Waals surface area contributed by atoms with Crippen LogP contribution < -0.4 is 5.32 Å². The lowest BCUT2D eigenvalue weighted by molar-refractivity contribution is 1.21. The van der Waals surface area contributed by atoms with Crippen molar-refractivity contribution >= 4 is 17.2 Å². The average molecular weight is 244 g/mol. The van der Waals surface area contributed by atoms with E-state index >= 15 is 0 Å². The quantitative estimate of drug-likeness (QED) is 0.882. The Labute approximate surface area is 104 Å². The number of nitrogens with one attached hydrogen (secondary N) is 1. The minimum Gasteiger partial charge on any atom is -0.372 e. The molecule has 2 aromatic rings. The van der Waals surface area contributed by atoms with Crippen LogP contribution in [0.2, 0.25) is 0 Å². The fourth-order valence-electron chi connectivity index (χ4n) is 1.64. The highest BCUT2D eigenvalue weighted by molar-refractivity contribution is 7.11. The molecular weight excluding hydrogens is 232 g/mol. The summed E-state index contributed by atoms with van der Waals surface area (Å²) < 4.78 is 0. The molecule has 0 aliphatic heterocycles. The molecule has 86 valence electrons. The standard InChI is InChI=1S/C12H12N4S/c1-7-11(15-8(2)17-7)10-5-4-9(6-13)12(14-3)16-10/h4-5H,1-3H3,(H,14,16).